The van der Waals surface area contributed by atoms with E-state index in [1.807, 2.05) is 7.05 Å². The van der Waals surface area contributed by atoms with Crippen molar-refractivity contribution in [3.8, 4) is 12.8 Å². The largest absolute Gasteiger partial charge is 0.370 e. The number of rotatable bonds is 15. The maximum absolute atomic E-state index is 10.2. The minimum atomic E-state index is 0.307. The molecule has 0 radical (unpaired) electrons. The molecule has 3 rings (SSSR count). The Morgan fingerprint density at radius 2 is 1.42 bits per heavy atom. The summed E-state index contributed by atoms with van der Waals surface area (Å²) < 4.78 is 0. The van der Waals surface area contributed by atoms with Crippen LogP contribution >= 0.6 is 0 Å². The third-order valence-electron chi connectivity index (χ3n) is 8.27. The van der Waals surface area contributed by atoms with Crippen LogP contribution in [0.5, 0.6) is 0 Å². The number of fused-ring (bicyclic) bond motifs is 1. The van der Waals surface area contributed by atoms with Gasteiger partial charge in [-0.15, -0.1) is 26.0 Å². The second kappa shape index (κ2) is 34.3. The number of hydrogen-bond acceptors (Lipinski definition) is 4. The van der Waals surface area contributed by atoms with E-state index in [4.69, 9.17) is 0 Å². The van der Waals surface area contributed by atoms with Crippen molar-refractivity contribution in [2.75, 3.05) is 39.8 Å². The van der Waals surface area contributed by atoms with Crippen molar-refractivity contribution in [3.63, 3.8) is 0 Å². The van der Waals surface area contributed by atoms with E-state index in [0.29, 0.717) is 11.8 Å². The van der Waals surface area contributed by atoms with E-state index in [1.54, 1.807) is 6.92 Å². The molecule has 0 amide bonds. The Labute approximate surface area is 311 Å². The summed E-state index contributed by atoms with van der Waals surface area (Å²) in [5.41, 5.74) is 5.08. The Kier molecular flexibility index (Phi) is 35.2. The molecule has 2 atom stereocenters. The minimum Gasteiger partial charge on any atom is -0.370 e. The number of hydrogen-bond donors (Lipinski definition) is 1. The molecule has 0 bridgehead atoms. The molecule has 1 aliphatic rings. The van der Waals surface area contributed by atoms with Crippen molar-refractivity contribution in [3.05, 3.63) is 85.1 Å². The Morgan fingerprint density at radius 1 is 0.920 bits per heavy atom. The summed E-state index contributed by atoms with van der Waals surface area (Å²) in [5.74, 6) is 1.19. The smallest absolute Gasteiger partial charge is 0.129 e. The Balaban J connectivity index is -0.000000581. The van der Waals surface area contributed by atoms with Crippen LogP contribution in [-0.4, -0.2) is 61.4 Å². The van der Waals surface area contributed by atoms with Crippen LogP contribution in [0.15, 0.2) is 74.0 Å². The summed E-state index contributed by atoms with van der Waals surface area (Å²) in [4.78, 5) is 15.2. The molecule has 0 saturated carbocycles. The van der Waals surface area contributed by atoms with Gasteiger partial charge in [0.25, 0.3) is 0 Å². The van der Waals surface area contributed by atoms with Crippen molar-refractivity contribution < 1.29 is 4.79 Å². The number of ketones is 1. The molecule has 1 unspecified atom stereocenters. The number of likely N-dealkylation sites (N-methyl/N-ethyl adjacent to an activating group) is 1. The van der Waals surface area contributed by atoms with Crippen LogP contribution in [-0.2, 0) is 4.79 Å². The number of Topliss-reactive ketones (excluding diaryl/α,β-unsaturated/α-hetero) is 1. The third-order valence-corrected chi connectivity index (χ3v) is 8.27. The zero-order valence-electron chi connectivity index (χ0n) is 34.5. The zero-order valence-corrected chi connectivity index (χ0v) is 34.5. The first kappa shape index (κ1) is 51.2. The summed E-state index contributed by atoms with van der Waals surface area (Å²) in [6.45, 7) is 39.3. The van der Waals surface area contributed by atoms with Gasteiger partial charge in [-0.3, -0.25) is 0 Å². The van der Waals surface area contributed by atoms with Crippen LogP contribution in [0.25, 0.3) is 10.8 Å². The van der Waals surface area contributed by atoms with E-state index in [1.165, 1.54) is 97.7 Å². The lowest BCUT2D eigenvalue weighted by Crippen LogP contribution is -2.42. The molecule has 0 aromatic heterocycles. The maximum atomic E-state index is 10.2. The number of unbranched alkanes of at least 4 members (excludes halogenated alkanes) is 2. The van der Waals surface area contributed by atoms with E-state index in [0.717, 1.165) is 38.3 Å². The number of nitrogens with one attached hydrogen (secondary N) is 1. The van der Waals surface area contributed by atoms with Gasteiger partial charge in [-0.25, -0.2) is 0 Å². The summed E-state index contributed by atoms with van der Waals surface area (Å²) in [6.07, 6.45) is 20.1. The average molecular weight is 690 g/mol. The molecule has 1 aliphatic heterocycles. The molecule has 2 aromatic rings. The lowest BCUT2D eigenvalue weighted by molar-refractivity contribution is -0.117. The lowest BCUT2D eigenvalue weighted by atomic mass is 10.0. The molecule has 0 spiro atoms. The van der Waals surface area contributed by atoms with E-state index >= 15 is 0 Å². The highest BCUT2D eigenvalue weighted by Gasteiger charge is 2.21. The molecule has 50 heavy (non-hydrogen) atoms. The topological polar surface area (TPSA) is 35.6 Å². The van der Waals surface area contributed by atoms with Gasteiger partial charge in [0.2, 0.25) is 0 Å². The summed E-state index contributed by atoms with van der Waals surface area (Å²) in [6, 6.07) is 13.6. The molecule has 0 aliphatic carbocycles. The van der Waals surface area contributed by atoms with Crippen molar-refractivity contribution in [2.45, 2.75) is 133 Å². The van der Waals surface area contributed by atoms with E-state index in [-0.39, 0.29) is 0 Å². The SMILES string of the molecule is C#C.C=C.C=C(C)CN1CCC[C@H](NC)C1=C.CCCCC(C)=O.CCCCC(C)CN(CCC)CCC.Cc1ccc2cc(C)ccc2c1. The minimum absolute atomic E-state index is 0.307. The summed E-state index contributed by atoms with van der Waals surface area (Å²) >= 11 is 0. The number of terminal acetylenes is 1. The van der Waals surface area contributed by atoms with Gasteiger partial charge in [0, 0.05) is 37.8 Å². The van der Waals surface area contributed by atoms with Gasteiger partial charge in [0.1, 0.15) is 5.78 Å². The van der Waals surface area contributed by atoms with Crippen molar-refractivity contribution in [2.24, 2.45) is 5.92 Å². The molecule has 2 aromatic carbocycles. The molecule has 1 fully saturated rings. The van der Waals surface area contributed by atoms with Crippen LogP contribution < -0.4 is 5.32 Å². The molecular weight excluding hydrogens is 611 g/mol. The molecule has 1 N–H and O–H groups in total. The number of nitrogens with zero attached hydrogens (tertiary/aromatic N) is 2. The van der Waals surface area contributed by atoms with Gasteiger partial charge < -0.3 is 19.9 Å². The van der Waals surface area contributed by atoms with E-state index in [9.17, 15) is 4.79 Å². The molecule has 1 heterocycles. The normalized spacial score (nSPS) is 13.7. The Bertz CT molecular complexity index is 1120. The summed E-state index contributed by atoms with van der Waals surface area (Å²) in [7, 11) is 2.00. The average Bonchev–Trinajstić information content (AvgIpc) is 3.10. The molecule has 1 saturated heterocycles. The van der Waals surface area contributed by atoms with E-state index < -0.39 is 0 Å². The van der Waals surface area contributed by atoms with Gasteiger partial charge in [-0.1, -0.05) is 120 Å². The Hall–Kier alpha value is -3.13. The number of likely N-dealkylation sites (tertiary alicyclic amines) is 1. The fraction of sp³-hybridized carbons (Fsp3) is 0.587. The first-order valence-corrected chi connectivity index (χ1v) is 19.2. The third kappa shape index (κ3) is 26.7. The predicted molar refractivity (Wildman–Crippen MR) is 228 cm³/mol. The second-order valence-electron chi connectivity index (χ2n) is 13.6. The highest BCUT2D eigenvalue weighted by atomic mass is 16.1. The molecular formula is C46H79N3O. The zero-order chi connectivity index (χ0) is 38.9. The maximum Gasteiger partial charge on any atom is 0.129 e. The fourth-order valence-electron chi connectivity index (χ4n) is 5.76. The number of piperidine rings is 1. The van der Waals surface area contributed by atoms with Gasteiger partial charge in [-0.2, -0.15) is 0 Å². The van der Waals surface area contributed by atoms with Crippen molar-refractivity contribution in [1.82, 2.24) is 15.1 Å². The van der Waals surface area contributed by atoms with Crippen LogP contribution in [0.1, 0.15) is 124 Å². The number of carbonyl (C=O) groups is 1. The van der Waals surface area contributed by atoms with Crippen molar-refractivity contribution >= 4 is 16.6 Å². The van der Waals surface area contributed by atoms with E-state index in [2.05, 4.69) is 146 Å². The highest BCUT2D eigenvalue weighted by Crippen LogP contribution is 2.20. The summed E-state index contributed by atoms with van der Waals surface area (Å²) in [5, 5.41) is 5.95. The first-order valence-electron chi connectivity index (χ1n) is 19.2. The molecule has 284 valence electrons. The predicted octanol–water partition coefficient (Wildman–Crippen LogP) is 12.0. The molecule has 4 heteroatoms. The molecule has 4 nitrogen and oxygen atoms in total. The van der Waals surface area contributed by atoms with Crippen molar-refractivity contribution in [1.29, 1.82) is 0 Å². The van der Waals surface area contributed by atoms with Gasteiger partial charge in [0.15, 0.2) is 0 Å². The highest BCUT2D eigenvalue weighted by molar-refractivity contribution is 5.83. The number of carbonyl (C=O) groups excluding carboxylic acids is 1. The quantitative estimate of drug-likeness (QED) is 0.149. The van der Waals surface area contributed by atoms with Crippen LogP contribution in [0.2, 0.25) is 0 Å². The van der Waals surface area contributed by atoms with Gasteiger partial charge >= 0.3 is 0 Å². The van der Waals surface area contributed by atoms with Gasteiger partial charge in [-0.05, 0) is 103 Å². The Morgan fingerprint density at radius 3 is 1.80 bits per heavy atom. The number of benzene rings is 2. The monoisotopic (exact) mass is 690 g/mol. The number of aryl methyl sites for hydroxylation is 2. The van der Waals surface area contributed by atoms with Crippen LogP contribution in [0, 0.1) is 32.6 Å². The van der Waals surface area contributed by atoms with Gasteiger partial charge in [0.05, 0.1) is 0 Å². The van der Waals surface area contributed by atoms with Crippen LogP contribution in [0.4, 0.5) is 0 Å². The second-order valence-corrected chi connectivity index (χ2v) is 13.6. The van der Waals surface area contributed by atoms with Crippen LogP contribution in [0.3, 0.4) is 0 Å². The fourth-order valence-corrected chi connectivity index (χ4v) is 5.76. The first-order chi connectivity index (χ1) is 23.9. The lowest BCUT2D eigenvalue weighted by Gasteiger charge is -2.36. The standard InChI is InChI=1S/C13H29N.C12H12.C11H20N2.C6H12O.C2H4.C2H2/c1-5-8-9-13(4)12-14(10-6-2)11-7-3;1-9-3-5-12-8-10(2)4-6-11(12)7-9;1-9(2)8-13-7-5-6-11(12-4)10(13)3;1-3-4-5-6(2)7;2*1-2/h13H,5-12H2,1-4H3;3-8H,1-2H3;11-12H,1,3,5-8H2,2,4H3;3-5H2,1-2H3;1-2H2;1-2H/t;;11-;;;/m..0.../s1.